The molecule has 0 saturated heterocycles. The Bertz CT molecular complexity index is 2930. The molecule has 5 nitrogen and oxygen atoms in total. The molecule has 3 aromatic heterocycles. The molecule has 0 atom stereocenters. The SMILES string of the molecule is Cn1c(-c2ccccc2)nc2ccc(-c3ccc(-c4nc(-c5ccccc5)nc(-c5ccc(-c6ccc7sc8ccccc8c7c6)cc5)n4)cc3)cc21. The summed E-state index contributed by atoms with van der Waals surface area (Å²) < 4.78 is 4.78. The minimum absolute atomic E-state index is 0.633. The van der Waals surface area contributed by atoms with Crippen molar-refractivity contribution in [2.75, 3.05) is 0 Å². The Morgan fingerprint density at radius 2 is 0.849 bits per heavy atom. The van der Waals surface area contributed by atoms with Crippen molar-refractivity contribution in [3.05, 3.63) is 170 Å². The van der Waals surface area contributed by atoms with Crippen LogP contribution in [0.1, 0.15) is 0 Å². The number of aryl methyl sites for hydroxylation is 1. The molecule has 10 rings (SSSR count). The molecule has 53 heavy (non-hydrogen) atoms. The Balaban J connectivity index is 0.989. The van der Waals surface area contributed by atoms with Crippen molar-refractivity contribution in [1.82, 2.24) is 24.5 Å². The molecule has 0 aliphatic heterocycles. The number of thiophene rings is 1. The van der Waals surface area contributed by atoms with Gasteiger partial charge in [0.15, 0.2) is 17.5 Å². The fourth-order valence-corrected chi connectivity index (χ4v) is 8.18. The standard InChI is InChI=1S/C47H31N5S/c1-52-41-29-37(24-26-40(41)48-47(52)35-12-6-3-7-13-35)31-18-22-34(23-19-31)46-50-44(32-10-4-2-5-11-32)49-45(51-46)33-20-16-30(17-21-33)36-25-27-43-39(28-36)38-14-8-9-15-42(38)53-43/h2-29H,1H3. The zero-order chi connectivity index (χ0) is 35.3. The maximum absolute atomic E-state index is 5.02. The van der Waals surface area contributed by atoms with Crippen molar-refractivity contribution in [2.45, 2.75) is 0 Å². The highest BCUT2D eigenvalue weighted by Gasteiger charge is 2.15. The van der Waals surface area contributed by atoms with Gasteiger partial charge in [0.1, 0.15) is 5.82 Å². The van der Waals surface area contributed by atoms with Crippen LogP contribution in [-0.2, 0) is 7.05 Å². The number of aromatic nitrogens is 5. The van der Waals surface area contributed by atoms with E-state index in [1.165, 1.54) is 25.7 Å². The van der Waals surface area contributed by atoms with Gasteiger partial charge in [0.05, 0.1) is 11.0 Å². The number of hydrogen-bond donors (Lipinski definition) is 0. The van der Waals surface area contributed by atoms with Crippen LogP contribution in [0.5, 0.6) is 0 Å². The van der Waals surface area contributed by atoms with E-state index in [1.54, 1.807) is 0 Å². The van der Waals surface area contributed by atoms with Crippen LogP contribution in [0.3, 0.4) is 0 Å². The predicted octanol–water partition coefficient (Wildman–Crippen LogP) is 12.1. The van der Waals surface area contributed by atoms with E-state index in [0.29, 0.717) is 17.5 Å². The number of fused-ring (bicyclic) bond motifs is 4. The molecule has 7 aromatic carbocycles. The smallest absolute Gasteiger partial charge is 0.164 e. The zero-order valence-electron chi connectivity index (χ0n) is 28.8. The second kappa shape index (κ2) is 12.8. The van der Waals surface area contributed by atoms with E-state index in [0.717, 1.165) is 55.8 Å². The van der Waals surface area contributed by atoms with Crippen molar-refractivity contribution in [2.24, 2.45) is 7.05 Å². The fourth-order valence-electron chi connectivity index (χ4n) is 7.09. The molecule has 3 heterocycles. The van der Waals surface area contributed by atoms with E-state index in [4.69, 9.17) is 19.9 Å². The first kappa shape index (κ1) is 31.0. The minimum Gasteiger partial charge on any atom is -0.327 e. The summed E-state index contributed by atoms with van der Waals surface area (Å²) in [6.07, 6.45) is 0. The van der Waals surface area contributed by atoms with Crippen LogP contribution in [0.15, 0.2) is 170 Å². The van der Waals surface area contributed by atoms with E-state index in [-0.39, 0.29) is 0 Å². The number of nitrogens with zero attached hydrogens (tertiary/aromatic N) is 5. The molecule has 0 aliphatic rings. The molecule has 0 saturated carbocycles. The summed E-state index contributed by atoms with van der Waals surface area (Å²) in [7, 11) is 2.08. The lowest BCUT2D eigenvalue weighted by molar-refractivity contribution is 0.959. The Hall–Kier alpha value is -6.76. The van der Waals surface area contributed by atoms with Crippen molar-refractivity contribution in [3.63, 3.8) is 0 Å². The second-order valence-electron chi connectivity index (χ2n) is 13.2. The van der Waals surface area contributed by atoms with E-state index in [9.17, 15) is 0 Å². The molecule has 0 spiro atoms. The monoisotopic (exact) mass is 697 g/mol. The summed E-state index contributed by atoms with van der Waals surface area (Å²) >= 11 is 1.84. The largest absolute Gasteiger partial charge is 0.327 e. The Morgan fingerprint density at radius 3 is 1.49 bits per heavy atom. The van der Waals surface area contributed by atoms with Gasteiger partial charge in [-0.1, -0.05) is 140 Å². The molecule has 6 heteroatoms. The van der Waals surface area contributed by atoms with Gasteiger partial charge in [-0.2, -0.15) is 0 Å². The van der Waals surface area contributed by atoms with Crippen molar-refractivity contribution in [3.8, 4) is 67.8 Å². The molecular formula is C47H31N5S. The normalized spacial score (nSPS) is 11.5. The first-order valence-corrected chi connectivity index (χ1v) is 18.4. The van der Waals surface area contributed by atoms with Crippen molar-refractivity contribution >= 4 is 42.5 Å². The summed E-state index contributed by atoms with van der Waals surface area (Å²) in [5.74, 6) is 2.87. The molecule has 0 radical (unpaired) electrons. The maximum Gasteiger partial charge on any atom is 0.164 e. The highest BCUT2D eigenvalue weighted by Crippen LogP contribution is 2.37. The maximum atomic E-state index is 5.02. The molecule has 250 valence electrons. The van der Waals surface area contributed by atoms with Crippen molar-refractivity contribution < 1.29 is 0 Å². The summed E-state index contributed by atoms with van der Waals surface area (Å²) in [5, 5.41) is 2.60. The average molecular weight is 698 g/mol. The van der Waals surface area contributed by atoms with Gasteiger partial charge in [0, 0.05) is 49.5 Å². The van der Waals surface area contributed by atoms with Gasteiger partial charge in [-0.25, -0.2) is 19.9 Å². The quantitative estimate of drug-likeness (QED) is 0.174. The van der Waals surface area contributed by atoms with Crippen molar-refractivity contribution in [1.29, 1.82) is 0 Å². The molecule has 0 fully saturated rings. The molecule has 0 bridgehead atoms. The Labute approximate surface area is 310 Å². The average Bonchev–Trinajstić information content (AvgIpc) is 3.78. The number of hydrogen-bond acceptors (Lipinski definition) is 5. The van der Waals surface area contributed by atoms with Gasteiger partial charge in [-0.3, -0.25) is 0 Å². The molecule has 0 aliphatic carbocycles. The summed E-state index contributed by atoms with van der Waals surface area (Å²) in [6.45, 7) is 0. The van der Waals surface area contributed by atoms with Gasteiger partial charge in [-0.15, -0.1) is 11.3 Å². The molecule has 10 aromatic rings. The van der Waals surface area contributed by atoms with Gasteiger partial charge < -0.3 is 4.57 Å². The zero-order valence-corrected chi connectivity index (χ0v) is 29.6. The van der Waals surface area contributed by atoms with Gasteiger partial charge in [0.25, 0.3) is 0 Å². The number of benzene rings is 7. The van der Waals surface area contributed by atoms with Crippen LogP contribution >= 0.6 is 11.3 Å². The minimum atomic E-state index is 0.633. The third-order valence-corrected chi connectivity index (χ3v) is 11.1. The summed E-state index contributed by atoms with van der Waals surface area (Å²) in [4.78, 5) is 19.9. The van der Waals surface area contributed by atoms with E-state index < -0.39 is 0 Å². The topological polar surface area (TPSA) is 56.5 Å². The molecule has 0 amide bonds. The van der Waals surface area contributed by atoms with Gasteiger partial charge in [0.2, 0.25) is 0 Å². The second-order valence-corrected chi connectivity index (χ2v) is 14.3. The lowest BCUT2D eigenvalue weighted by atomic mass is 10.0. The van der Waals surface area contributed by atoms with Crippen LogP contribution in [-0.4, -0.2) is 24.5 Å². The predicted molar refractivity (Wildman–Crippen MR) is 220 cm³/mol. The Morgan fingerprint density at radius 1 is 0.377 bits per heavy atom. The van der Waals surface area contributed by atoms with E-state index in [2.05, 4.69) is 133 Å². The van der Waals surface area contributed by atoms with Crippen LogP contribution in [0.25, 0.3) is 99.0 Å². The van der Waals surface area contributed by atoms with Crippen LogP contribution in [0.2, 0.25) is 0 Å². The Kier molecular flexibility index (Phi) is 7.48. The first-order valence-electron chi connectivity index (χ1n) is 17.6. The van der Waals surface area contributed by atoms with Gasteiger partial charge >= 0.3 is 0 Å². The third-order valence-electron chi connectivity index (χ3n) is 9.91. The molecule has 0 unspecified atom stereocenters. The van der Waals surface area contributed by atoms with Crippen LogP contribution < -0.4 is 0 Å². The van der Waals surface area contributed by atoms with Gasteiger partial charge in [-0.05, 0) is 52.6 Å². The highest BCUT2D eigenvalue weighted by atomic mass is 32.1. The highest BCUT2D eigenvalue weighted by molar-refractivity contribution is 7.25. The molecular weight excluding hydrogens is 667 g/mol. The summed E-state index contributed by atoms with van der Waals surface area (Å²) in [5.41, 5.74) is 10.6. The summed E-state index contributed by atoms with van der Waals surface area (Å²) in [6, 6.07) is 59.2. The number of imidazole rings is 1. The lowest BCUT2D eigenvalue weighted by Crippen LogP contribution is -2.00. The number of rotatable bonds is 6. The molecule has 0 N–H and O–H groups in total. The lowest BCUT2D eigenvalue weighted by Gasteiger charge is -2.10. The van der Waals surface area contributed by atoms with Crippen LogP contribution in [0.4, 0.5) is 0 Å². The third kappa shape index (κ3) is 5.66. The first-order chi connectivity index (χ1) is 26.1. The van der Waals surface area contributed by atoms with E-state index >= 15 is 0 Å². The fraction of sp³-hybridized carbons (Fsp3) is 0.0213. The van der Waals surface area contributed by atoms with E-state index in [1.807, 2.05) is 59.9 Å². The van der Waals surface area contributed by atoms with Crippen LogP contribution in [0, 0.1) is 0 Å².